The number of piperidine rings is 1. The Kier molecular flexibility index (Phi) is 6.93. The van der Waals surface area contributed by atoms with Crippen LogP contribution in [0.15, 0.2) is 0 Å². The molecular weight excluding hydrogens is 262 g/mol. The molecule has 0 aromatic carbocycles. The molecule has 2 aliphatic rings. The molecule has 0 aromatic heterocycles. The van der Waals surface area contributed by atoms with E-state index >= 15 is 0 Å². The molecule has 2 heterocycles. The summed E-state index contributed by atoms with van der Waals surface area (Å²) in [6.45, 7) is 13.5. The fraction of sp³-hybridized carbons (Fsp3) is 1.00. The molecule has 21 heavy (non-hydrogen) atoms. The van der Waals surface area contributed by atoms with E-state index in [0.717, 1.165) is 32.3 Å². The predicted octanol–water partition coefficient (Wildman–Crippen LogP) is 1.81. The second-order valence-corrected chi connectivity index (χ2v) is 7.06. The number of rotatable bonds is 8. The van der Waals surface area contributed by atoms with Crippen LogP contribution in [0, 0.1) is 5.41 Å². The summed E-state index contributed by atoms with van der Waals surface area (Å²) >= 11 is 0. The summed E-state index contributed by atoms with van der Waals surface area (Å²) in [5, 5.41) is 3.63. The van der Waals surface area contributed by atoms with Gasteiger partial charge in [0.15, 0.2) is 0 Å². The summed E-state index contributed by atoms with van der Waals surface area (Å²) < 4.78 is 5.74. The van der Waals surface area contributed by atoms with Crippen LogP contribution in [-0.4, -0.2) is 75.4 Å². The van der Waals surface area contributed by atoms with Crippen LogP contribution in [0.1, 0.15) is 39.5 Å². The Labute approximate surface area is 131 Å². The first-order valence-electron chi connectivity index (χ1n) is 8.90. The van der Waals surface area contributed by atoms with Crippen molar-refractivity contribution in [2.45, 2.75) is 45.6 Å². The number of ether oxygens (including phenoxy) is 1. The predicted molar refractivity (Wildman–Crippen MR) is 88.8 cm³/mol. The quantitative estimate of drug-likeness (QED) is 0.692. The lowest BCUT2D eigenvalue weighted by molar-refractivity contribution is 0.0735. The summed E-state index contributed by atoms with van der Waals surface area (Å²) in [5.74, 6) is 0. The molecule has 0 aromatic rings. The monoisotopic (exact) mass is 297 g/mol. The number of hydrogen-bond acceptors (Lipinski definition) is 4. The molecule has 2 aliphatic heterocycles. The summed E-state index contributed by atoms with van der Waals surface area (Å²) in [4.78, 5) is 5.19. The van der Waals surface area contributed by atoms with Gasteiger partial charge in [0.2, 0.25) is 0 Å². The molecular formula is C17H35N3O. The molecule has 124 valence electrons. The molecule has 0 aliphatic carbocycles. The molecule has 2 fully saturated rings. The zero-order valence-electron chi connectivity index (χ0n) is 14.4. The Morgan fingerprint density at radius 3 is 2.62 bits per heavy atom. The largest absolute Gasteiger partial charge is 0.381 e. The van der Waals surface area contributed by atoms with Gasteiger partial charge >= 0.3 is 0 Å². The van der Waals surface area contributed by atoms with Gasteiger partial charge in [-0.3, -0.25) is 0 Å². The van der Waals surface area contributed by atoms with Crippen LogP contribution in [-0.2, 0) is 4.74 Å². The first-order valence-corrected chi connectivity index (χ1v) is 8.90. The van der Waals surface area contributed by atoms with E-state index in [-0.39, 0.29) is 0 Å². The van der Waals surface area contributed by atoms with Gasteiger partial charge in [-0.15, -0.1) is 0 Å². The van der Waals surface area contributed by atoms with E-state index in [9.17, 15) is 0 Å². The van der Waals surface area contributed by atoms with E-state index in [0.29, 0.717) is 5.41 Å². The summed E-state index contributed by atoms with van der Waals surface area (Å²) in [6.07, 6.45) is 5.07. The van der Waals surface area contributed by atoms with Crippen LogP contribution in [0.25, 0.3) is 0 Å². The Bertz CT molecular complexity index is 284. The second kappa shape index (κ2) is 8.47. The van der Waals surface area contributed by atoms with Crippen molar-refractivity contribution in [2.75, 3.05) is 59.5 Å². The lowest BCUT2D eigenvalue weighted by Crippen LogP contribution is -2.49. The molecule has 0 spiro atoms. The van der Waals surface area contributed by atoms with Gasteiger partial charge in [-0.05, 0) is 58.9 Å². The molecule has 4 nitrogen and oxygen atoms in total. The maximum absolute atomic E-state index is 5.74. The van der Waals surface area contributed by atoms with Crippen LogP contribution >= 0.6 is 0 Å². The molecule has 0 radical (unpaired) electrons. The van der Waals surface area contributed by atoms with Gasteiger partial charge in [0.05, 0.1) is 6.61 Å². The van der Waals surface area contributed by atoms with Crippen LogP contribution in [0.5, 0.6) is 0 Å². The minimum Gasteiger partial charge on any atom is -0.381 e. The van der Waals surface area contributed by atoms with Gasteiger partial charge in [-0.25, -0.2) is 0 Å². The van der Waals surface area contributed by atoms with E-state index < -0.39 is 0 Å². The molecule has 1 N–H and O–H groups in total. The summed E-state index contributed by atoms with van der Waals surface area (Å²) in [7, 11) is 2.33. The van der Waals surface area contributed by atoms with E-state index in [1.807, 2.05) is 0 Å². The molecule has 0 amide bonds. The van der Waals surface area contributed by atoms with Gasteiger partial charge in [-0.1, -0.05) is 13.8 Å². The highest BCUT2D eigenvalue weighted by atomic mass is 16.5. The zero-order valence-corrected chi connectivity index (χ0v) is 14.4. The van der Waals surface area contributed by atoms with Gasteiger partial charge in [-0.2, -0.15) is 0 Å². The normalized spacial score (nSPS) is 28.6. The number of nitrogens with one attached hydrogen (secondary N) is 1. The van der Waals surface area contributed by atoms with Crippen molar-refractivity contribution in [3.63, 3.8) is 0 Å². The van der Waals surface area contributed by atoms with Crippen LogP contribution in [0.4, 0.5) is 0 Å². The average molecular weight is 297 g/mol. The van der Waals surface area contributed by atoms with Crippen LogP contribution in [0.2, 0.25) is 0 Å². The fourth-order valence-electron chi connectivity index (χ4n) is 3.83. The Hall–Kier alpha value is -0.160. The summed E-state index contributed by atoms with van der Waals surface area (Å²) in [5.41, 5.74) is 0.339. The molecule has 0 saturated carbocycles. The van der Waals surface area contributed by atoms with Crippen molar-refractivity contribution in [1.29, 1.82) is 0 Å². The Balaban J connectivity index is 1.82. The van der Waals surface area contributed by atoms with E-state index in [2.05, 4.69) is 36.0 Å². The highest BCUT2D eigenvalue weighted by Crippen LogP contribution is 2.30. The topological polar surface area (TPSA) is 27.7 Å². The lowest BCUT2D eigenvalue weighted by Gasteiger charge is -2.40. The average Bonchev–Trinajstić information content (AvgIpc) is 2.96. The van der Waals surface area contributed by atoms with Gasteiger partial charge in [0.1, 0.15) is 0 Å². The summed E-state index contributed by atoms with van der Waals surface area (Å²) in [6, 6.07) is 0.761. The van der Waals surface area contributed by atoms with Crippen molar-refractivity contribution in [3.8, 4) is 0 Å². The molecule has 2 rings (SSSR count). The Morgan fingerprint density at radius 2 is 2.05 bits per heavy atom. The minimum atomic E-state index is 0.339. The third-order valence-corrected chi connectivity index (χ3v) is 5.32. The SMILES string of the molecule is CCCNCC1(CN(C)C2CCN(CC)CC2)CCOC1. The van der Waals surface area contributed by atoms with Gasteiger partial charge in [0, 0.05) is 31.2 Å². The third kappa shape index (κ3) is 4.92. The maximum atomic E-state index is 5.74. The van der Waals surface area contributed by atoms with Crippen LogP contribution in [0.3, 0.4) is 0 Å². The van der Waals surface area contributed by atoms with Crippen molar-refractivity contribution in [2.24, 2.45) is 5.41 Å². The molecule has 1 unspecified atom stereocenters. The zero-order chi connectivity index (χ0) is 15.1. The molecule has 2 saturated heterocycles. The molecule has 0 bridgehead atoms. The first-order chi connectivity index (χ1) is 10.2. The van der Waals surface area contributed by atoms with Crippen molar-refractivity contribution in [3.05, 3.63) is 0 Å². The number of hydrogen-bond donors (Lipinski definition) is 1. The van der Waals surface area contributed by atoms with Gasteiger partial charge < -0.3 is 19.9 Å². The van der Waals surface area contributed by atoms with E-state index in [1.165, 1.54) is 51.9 Å². The Morgan fingerprint density at radius 1 is 1.29 bits per heavy atom. The molecule has 1 atom stereocenters. The lowest BCUT2D eigenvalue weighted by atomic mass is 9.85. The second-order valence-electron chi connectivity index (χ2n) is 7.06. The molecule has 4 heteroatoms. The van der Waals surface area contributed by atoms with Gasteiger partial charge in [0.25, 0.3) is 0 Å². The highest BCUT2D eigenvalue weighted by molar-refractivity contribution is 4.90. The number of likely N-dealkylation sites (tertiary alicyclic amines) is 1. The first kappa shape index (κ1) is 17.2. The maximum Gasteiger partial charge on any atom is 0.0547 e. The van der Waals surface area contributed by atoms with Crippen LogP contribution < -0.4 is 5.32 Å². The van der Waals surface area contributed by atoms with Crippen molar-refractivity contribution < 1.29 is 4.74 Å². The van der Waals surface area contributed by atoms with E-state index in [1.54, 1.807) is 0 Å². The van der Waals surface area contributed by atoms with Crippen molar-refractivity contribution in [1.82, 2.24) is 15.1 Å². The fourth-order valence-corrected chi connectivity index (χ4v) is 3.83. The third-order valence-electron chi connectivity index (χ3n) is 5.32. The number of nitrogens with zero attached hydrogens (tertiary/aromatic N) is 2. The smallest absolute Gasteiger partial charge is 0.0547 e. The standard InChI is InChI=1S/C17H35N3O/c1-4-9-18-13-17(8-12-21-15-17)14-19(3)16-6-10-20(5-2)11-7-16/h16,18H,4-15H2,1-3H3. The van der Waals surface area contributed by atoms with E-state index in [4.69, 9.17) is 4.74 Å². The van der Waals surface area contributed by atoms with Crippen molar-refractivity contribution >= 4 is 0 Å². The highest BCUT2D eigenvalue weighted by Gasteiger charge is 2.37. The minimum absolute atomic E-state index is 0.339.